The van der Waals surface area contributed by atoms with E-state index in [9.17, 15) is 19.2 Å². The molecule has 1 aliphatic rings. The van der Waals surface area contributed by atoms with Crippen LogP contribution in [0.1, 0.15) is 65.4 Å². The molecule has 41 heavy (non-hydrogen) atoms. The fraction of sp³-hybridized carbons (Fsp3) is 0.152. The molecular weight excluding hydrogens is 538 g/mol. The number of Topliss-reactive ketones (excluding diaryl/α,β-unsaturated/α-hetero) is 1. The standard InChI is InChI=1S/C26H23ClN2O3.C7H7NO/c1-16-6-3-4-7-20(16)25(31)28-19-10-11-21(17(2)14-19)26(32)29-13-5-8-24(30)22-15-18(27)9-12-23(22)29;8-7(9)6-4-2-1-3-5-6/h3-4,6-7,9-12,14-15H,5,8,13H2,1-2H3,(H,28,31);1-5H,(H2,8,9). The molecule has 3 amide bonds. The highest BCUT2D eigenvalue weighted by Crippen LogP contribution is 2.31. The first-order valence-electron chi connectivity index (χ1n) is 13.1. The molecule has 1 aliphatic heterocycles. The molecule has 4 aromatic carbocycles. The van der Waals surface area contributed by atoms with Crippen LogP contribution in [0.5, 0.6) is 0 Å². The van der Waals surface area contributed by atoms with Crippen LogP contribution in [0.2, 0.25) is 5.02 Å². The predicted octanol–water partition coefficient (Wildman–Crippen LogP) is 6.62. The van der Waals surface area contributed by atoms with E-state index >= 15 is 0 Å². The Kier molecular flexibility index (Phi) is 9.32. The van der Waals surface area contributed by atoms with Gasteiger partial charge in [-0.15, -0.1) is 0 Å². The molecule has 4 aromatic rings. The highest BCUT2D eigenvalue weighted by atomic mass is 35.5. The number of anilines is 2. The van der Waals surface area contributed by atoms with Crippen molar-refractivity contribution in [3.05, 3.63) is 129 Å². The number of fused-ring (bicyclic) bond motifs is 1. The maximum Gasteiger partial charge on any atom is 0.258 e. The van der Waals surface area contributed by atoms with Crippen molar-refractivity contribution in [1.29, 1.82) is 0 Å². The van der Waals surface area contributed by atoms with Crippen LogP contribution in [0.4, 0.5) is 11.4 Å². The lowest BCUT2D eigenvalue weighted by Crippen LogP contribution is -2.32. The highest BCUT2D eigenvalue weighted by Gasteiger charge is 2.27. The quantitative estimate of drug-likeness (QED) is 0.289. The molecule has 0 radical (unpaired) electrons. The minimum absolute atomic E-state index is 0.0104. The van der Waals surface area contributed by atoms with E-state index in [1.165, 1.54) is 0 Å². The van der Waals surface area contributed by atoms with E-state index in [2.05, 4.69) is 5.32 Å². The molecule has 3 N–H and O–H groups in total. The van der Waals surface area contributed by atoms with Crippen LogP contribution in [-0.2, 0) is 0 Å². The van der Waals surface area contributed by atoms with E-state index < -0.39 is 0 Å². The number of nitrogens with one attached hydrogen (secondary N) is 1. The van der Waals surface area contributed by atoms with Crippen molar-refractivity contribution in [1.82, 2.24) is 0 Å². The van der Waals surface area contributed by atoms with Crippen molar-refractivity contribution >= 4 is 46.5 Å². The molecule has 0 bridgehead atoms. The van der Waals surface area contributed by atoms with Gasteiger partial charge in [0.05, 0.1) is 5.69 Å². The van der Waals surface area contributed by atoms with Crippen molar-refractivity contribution in [3.8, 4) is 0 Å². The van der Waals surface area contributed by atoms with E-state index in [1.807, 2.05) is 38.1 Å². The number of nitrogens with zero attached hydrogens (tertiary/aromatic N) is 1. The Balaban J connectivity index is 0.000000367. The molecule has 5 rings (SSSR count). The van der Waals surface area contributed by atoms with Gasteiger partial charge in [0, 0.05) is 45.9 Å². The Morgan fingerprint density at radius 3 is 2.20 bits per heavy atom. The summed E-state index contributed by atoms with van der Waals surface area (Å²) in [6.07, 6.45) is 0.959. The third-order valence-electron chi connectivity index (χ3n) is 6.74. The summed E-state index contributed by atoms with van der Waals surface area (Å²) in [7, 11) is 0. The van der Waals surface area contributed by atoms with E-state index in [0.29, 0.717) is 58.0 Å². The summed E-state index contributed by atoms with van der Waals surface area (Å²) in [4.78, 5) is 50.6. The number of hydrogen-bond acceptors (Lipinski definition) is 4. The lowest BCUT2D eigenvalue weighted by atomic mass is 10.0. The number of rotatable bonds is 4. The Morgan fingerprint density at radius 1 is 0.829 bits per heavy atom. The van der Waals surface area contributed by atoms with Crippen LogP contribution in [0.25, 0.3) is 0 Å². The number of aryl methyl sites for hydroxylation is 2. The predicted molar refractivity (Wildman–Crippen MR) is 162 cm³/mol. The van der Waals surface area contributed by atoms with Crippen LogP contribution in [-0.4, -0.2) is 30.0 Å². The van der Waals surface area contributed by atoms with Crippen molar-refractivity contribution in [3.63, 3.8) is 0 Å². The van der Waals surface area contributed by atoms with Gasteiger partial charge in [0.1, 0.15) is 0 Å². The summed E-state index contributed by atoms with van der Waals surface area (Å²) < 4.78 is 0. The minimum Gasteiger partial charge on any atom is -0.366 e. The SMILES string of the molecule is Cc1ccccc1C(=O)Nc1ccc(C(=O)N2CCCC(=O)c3cc(Cl)ccc32)c(C)c1.NC(=O)c1ccccc1. The average Bonchev–Trinajstić information content (AvgIpc) is 3.12. The number of nitrogens with two attached hydrogens (primary N) is 1. The van der Waals surface area contributed by atoms with Gasteiger partial charge in [-0.25, -0.2) is 0 Å². The summed E-state index contributed by atoms with van der Waals surface area (Å²) in [6, 6.07) is 26.4. The van der Waals surface area contributed by atoms with E-state index in [4.69, 9.17) is 17.3 Å². The van der Waals surface area contributed by atoms with Crippen LogP contribution >= 0.6 is 11.6 Å². The van der Waals surface area contributed by atoms with Crippen molar-refractivity contribution in [2.45, 2.75) is 26.7 Å². The molecule has 0 saturated carbocycles. The molecule has 8 heteroatoms. The highest BCUT2D eigenvalue weighted by molar-refractivity contribution is 6.31. The second-order valence-electron chi connectivity index (χ2n) is 9.67. The van der Waals surface area contributed by atoms with Gasteiger partial charge in [-0.3, -0.25) is 19.2 Å². The summed E-state index contributed by atoms with van der Waals surface area (Å²) >= 11 is 6.09. The molecule has 0 atom stereocenters. The van der Waals surface area contributed by atoms with Gasteiger partial charge >= 0.3 is 0 Å². The number of hydrogen-bond donors (Lipinski definition) is 2. The van der Waals surface area contributed by atoms with Gasteiger partial charge in [-0.05, 0) is 86.0 Å². The first-order chi connectivity index (χ1) is 19.7. The molecule has 0 unspecified atom stereocenters. The van der Waals surface area contributed by atoms with Gasteiger partial charge in [-0.1, -0.05) is 48.0 Å². The molecular formula is C33H30ClN3O4. The molecule has 0 aromatic heterocycles. The van der Waals surface area contributed by atoms with E-state index in [0.717, 1.165) is 11.1 Å². The number of carbonyl (C=O) groups excluding carboxylic acids is 4. The van der Waals surface area contributed by atoms with Gasteiger partial charge < -0.3 is 16.0 Å². The maximum atomic E-state index is 13.4. The summed E-state index contributed by atoms with van der Waals surface area (Å²) in [5, 5.41) is 3.37. The second-order valence-corrected chi connectivity index (χ2v) is 10.1. The lowest BCUT2D eigenvalue weighted by Gasteiger charge is -2.23. The molecule has 208 valence electrons. The van der Waals surface area contributed by atoms with Crippen molar-refractivity contribution in [2.75, 3.05) is 16.8 Å². The summed E-state index contributed by atoms with van der Waals surface area (Å²) in [5.41, 5.74) is 9.96. The second kappa shape index (κ2) is 13.1. The molecule has 0 saturated heterocycles. The topological polar surface area (TPSA) is 110 Å². The van der Waals surface area contributed by atoms with Crippen LogP contribution in [0, 0.1) is 13.8 Å². The molecule has 7 nitrogen and oxygen atoms in total. The lowest BCUT2D eigenvalue weighted by molar-refractivity contribution is 0.0973. The fourth-order valence-electron chi connectivity index (χ4n) is 4.59. The Hall–Kier alpha value is -4.75. The summed E-state index contributed by atoms with van der Waals surface area (Å²) in [6.45, 7) is 4.17. The van der Waals surface area contributed by atoms with Crippen molar-refractivity contribution < 1.29 is 19.2 Å². The third kappa shape index (κ3) is 7.07. The van der Waals surface area contributed by atoms with Gasteiger partial charge in [0.15, 0.2) is 5.78 Å². The van der Waals surface area contributed by atoms with Crippen LogP contribution in [0.3, 0.4) is 0 Å². The van der Waals surface area contributed by atoms with E-state index in [1.54, 1.807) is 71.6 Å². The first-order valence-corrected chi connectivity index (χ1v) is 13.5. The van der Waals surface area contributed by atoms with Gasteiger partial charge in [-0.2, -0.15) is 0 Å². The van der Waals surface area contributed by atoms with Gasteiger partial charge in [0.25, 0.3) is 11.8 Å². The smallest absolute Gasteiger partial charge is 0.258 e. The Labute approximate surface area is 243 Å². The number of halogens is 1. The third-order valence-corrected chi connectivity index (χ3v) is 6.98. The molecule has 0 fully saturated rings. The Bertz CT molecular complexity index is 1620. The molecule has 0 aliphatic carbocycles. The van der Waals surface area contributed by atoms with E-state index in [-0.39, 0.29) is 23.5 Å². The number of ketones is 1. The number of primary amides is 1. The first kappa shape index (κ1) is 29.2. The maximum absolute atomic E-state index is 13.4. The number of amides is 3. The normalized spacial score (nSPS) is 12.4. The zero-order chi connectivity index (χ0) is 29.5. The number of benzene rings is 4. The largest absolute Gasteiger partial charge is 0.366 e. The Morgan fingerprint density at radius 2 is 1.54 bits per heavy atom. The minimum atomic E-state index is -0.379. The average molecular weight is 568 g/mol. The fourth-order valence-corrected chi connectivity index (χ4v) is 4.76. The van der Waals surface area contributed by atoms with Gasteiger partial charge in [0.2, 0.25) is 5.91 Å². The molecule has 0 spiro atoms. The zero-order valence-electron chi connectivity index (χ0n) is 22.8. The van der Waals surface area contributed by atoms with Crippen LogP contribution in [0.15, 0.2) is 91.0 Å². The van der Waals surface area contributed by atoms with Crippen LogP contribution < -0.4 is 16.0 Å². The summed E-state index contributed by atoms with van der Waals surface area (Å²) in [5.74, 6) is -0.768. The monoisotopic (exact) mass is 567 g/mol. The molecule has 1 heterocycles. The zero-order valence-corrected chi connectivity index (χ0v) is 23.6. The number of carbonyl (C=O) groups is 4. The van der Waals surface area contributed by atoms with Crippen molar-refractivity contribution in [2.24, 2.45) is 5.73 Å².